The third-order valence-corrected chi connectivity index (χ3v) is 5.13. The summed E-state index contributed by atoms with van der Waals surface area (Å²) in [7, 11) is 0. The van der Waals surface area contributed by atoms with E-state index in [0.717, 1.165) is 11.8 Å². The number of benzene rings is 3. The van der Waals surface area contributed by atoms with Gasteiger partial charge in [0.2, 0.25) is 5.75 Å². The summed E-state index contributed by atoms with van der Waals surface area (Å²) < 4.78 is 56.1. The molecule has 0 aliphatic carbocycles. The maximum Gasteiger partial charge on any atom is 0.416 e. The molecule has 0 fully saturated rings. The number of nitrogens with zero attached hydrogens (tertiary/aromatic N) is 2. The van der Waals surface area contributed by atoms with Crippen LogP contribution in [0.1, 0.15) is 25.0 Å². The number of nitro groups is 1. The average molecular weight is 553 g/mol. The van der Waals surface area contributed by atoms with Crippen molar-refractivity contribution < 1.29 is 32.3 Å². The molecule has 0 saturated carbocycles. The minimum absolute atomic E-state index is 0.0768. The van der Waals surface area contributed by atoms with E-state index in [9.17, 15) is 23.3 Å². The summed E-state index contributed by atoms with van der Waals surface area (Å²) in [6.07, 6.45) is -3.14. The number of halogens is 4. The molecule has 0 saturated heterocycles. The standard InChI is InChI=1S/C24H20BrF3N2O5/c1-3-33-18-8-6-17(7-9-18)29-14-15-11-19(25)23(22(12-15)34-4-2)35-21-10-5-16(24(26,27)28)13-20(21)30(31)32/h5-14H,3-4H2,1-2H3. The second-order valence-corrected chi connectivity index (χ2v) is 7.84. The molecule has 0 amide bonds. The Balaban J connectivity index is 1.93. The molecular formula is C24H20BrF3N2O5. The van der Waals surface area contributed by atoms with Gasteiger partial charge in [-0.3, -0.25) is 15.1 Å². The van der Waals surface area contributed by atoms with Gasteiger partial charge < -0.3 is 14.2 Å². The van der Waals surface area contributed by atoms with Crippen molar-refractivity contribution in [2.75, 3.05) is 13.2 Å². The van der Waals surface area contributed by atoms with Crippen LogP contribution >= 0.6 is 15.9 Å². The average Bonchev–Trinajstić information content (AvgIpc) is 2.80. The van der Waals surface area contributed by atoms with Crippen molar-refractivity contribution in [3.63, 3.8) is 0 Å². The van der Waals surface area contributed by atoms with E-state index in [-0.39, 0.29) is 23.9 Å². The molecule has 0 spiro atoms. The van der Waals surface area contributed by atoms with Crippen LogP contribution in [-0.2, 0) is 6.18 Å². The monoisotopic (exact) mass is 552 g/mol. The first-order valence-corrected chi connectivity index (χ1v) is 11.2. The molecule has 0 aliphatic heterocycles. The van der Waals surface area contributed by atoms with Gasteiger partial charge in [0.1, 0.15) is 5.75 Å². The highest BCUT2D eigenvalue weighted by atomic mass is 79.9. The molecular weight excluding hydrogens is 533 g/mol. The first-order valence-electron chi connectivity index (χ1n) is 10.4. The quantitative estimate of drug-likeness (QED) is 0.154. The van der Waals surface area contributed by atoms with E-state index < -0.39 is 22.4 Å². The van der Waals surface area contributed by atoms with Crippen molar-refractivity contribution in [3.8, 4) is 23.0 Å². The Morgan fingerprint density at radius 2 is 1.69 bits per heavy atom. The van der Waals surface area contributed by atoms with Crippen LogP contribution in [0, 0.1) is 10.1 Å². The van der Waals surface area contributed by atoms with E-state index in [1.165, 1.54) is 0 Å². The Morgan fingerprint density at radius 3 is 2.29 bits per heavy atom. The molecule has 0 radical (unpaired) electrons. The van der Waals surface area contributed by atoms with Gasteiger partial charge in [0.05, 0.1) is 33.9 Å². The normalized spacial score (nSPS) is 11.5. The fraction of sp³-hybridized carbons (Fsp3) is 0.208. The first-order chi connectivity index (χ1) is 16.6. The Kier molecular flexibility index (Phi) is 8.34. The van der Waals surface area contributed by atoms with Gasteiger partial charge in [0.25, 0.3) is 0 Å². The molecule has 0 atom stereocenters. The van der Waals surface area contributed by atoms with E-state index in [2.05, 4.69) is 20.9 Å². The van der Waals surface area contributed by atoms with Gasteiger partial charge in [-0.15, -0.1) is 0 Å². The van der Waals surface area contributed by atoms with E-state index in [0.29, 0.717) is 34.5 Å². The summed E-state index contributed by atoms with van der Waals surface area (Å²) in [6, 6.07) is 12.5. The number of ether oxygens (including phenoxy) is 3. The zero-order valence-electron chi connectivity index (χ0n) is 18.6. The topological polar surface area (TPSA) is 83.2 Å². The molecule has 0 unspecified atom stereocenters. The predicted octanol–water partition coefficient (Wildman–Crippen LogP) is 7.72. The molecule has 184 valence electrons. The lowest BCUT2D eigenvalue weighted by atomic mass is 10.1. The molecule has 0 heterocycles. The first kappa shape index (κ1) is 26.0. The molecule has 7 nitrogen and oxygen atoms in total. The summed E-state index contributed by atoms with van der Waals surface area (Å²) in [5.41, 5.74) is -0.663. The van der Waals surface area contributed by atoms with Crippen LogP contribution in [0.3, 0.4) is 0 Å². The van der Waals surface area contributed by atoms with E-state index >= 15 is 0 Å². The maximum absolute atomic E-state index is 13.0. The molecule has 0 bridgehead atoms. The lowest BCUT2D eigenvalue weighted by Gasteiger charge is -2.15. The molecule has 0 N–H and O–H groups in total. The number of rotatable bonds is 9. The van der Waals surface area contributed by atoms with Crippen molar-refractivity contribution in [1.82, 2.24) is 0 Å². The van der Waals surface area contributed by atoms with Crippen LogP contribution in [0.5, 0.6) is 23.0 Å². The molecule has 3 aromatic carbocycles. The number of alkyl halides is 3. The van der Waals surface area contributed by atoms with Crippen LogP contribution in [0.15, 0.2) is 64.1 Å². The zero-order chi connectivity index (χ0) is 25.6. The third kappa shape index (κ3) is 6.72. The van der Waals surface area contributed by atoms with Gasteiger partial charge in [-0.1, -0.05) is 0 Å². The molecule has 0 aliphatic rings. The minimum atomic E-state index is -4.73. The van der Waals surface area contributed by atoms with Gasteiger partial charge in [-0.2, -0.15) is 13.2 Å². The Hall–Kier alpha value is -3.60. The summed E-state index contributed by atoms with van der Waals surface area (Å²) in [5, 5.41) is 11.4. The largest absolute Gasteiger partial charge is 0.494 e. The van der Waals surface area contributed by atoms with Gasteiger partial charge in [-0.05, 0) is 83.9 Å². The third-order valence-electron chi connectivity index (χ3n) is 4.54. The summed E-state index contributed by atoms with van der Waals surface area (Å²) in [6.45, 7) is 4.43. The van der Waals surface area contributed by atoms with Gasteiger partial charge in [0, 0.05) is 12.3 Å². The highest BCUT2D eigenvalue weighted by Gasteiger charge is 2.33. The fourth-order valence-corrected chi connectivity index (χ4v) is 3.54. The van der Waals surface area contributed by atoms with Crippen molar-refractivity contribution >= 4 is 33.5 Å². The van der Waals surface area contributed by atoms with Crippen LogP contribution in [0.25, 0.3) is 0 Å². The summed E-state index contributed by atoms with van der Waals surface area (Å²) in [5.74, 6) is 0.671. The van der Waals surface area contributed by atoms with Crippen molar-refractivity contribution in [2.45, 2.75) is 20.0 Å². The van der Waals surface area contributed by atoms with Crippen molar-refractivity contribution in [2.24, 2.45) is 4.99 Å². The van der Waals surface area contributed by atoms with Crippen LogP contribution < -0.4 is 14.2 Å². The van der Waals surface area contributed by atoms with Gasteiger partial charge >= 0.3 is 11.9 Å². The number of aliphatic imine (C=N–C) groups is 1. The molecule has 3 aromatic rings. The predicted molar refractivity (Wildman–Crippen MR) is 128 cm³/mol. The zero-order valence-corrected chi connectivity index (χ0v) is 20.2. The smallest absolute Gasteiger partial charge is 0.416 e. The number of hydrogen-bond acceptors (Lipinski definition) is 6. The molecule has 3 rings (SSSR count). The Bertz CT molecular complexity index is 1230. The highest BCUT2D eigenvalue weighted by Crippen LogP contribution is 2.43. The fourth-order valence-electron chi connectivity index (χ4n) is 3.00. The lowest BCUT2D eigenvalue weighted by molar-refractivity contribution is -0.385. The van der Waals surface area contributed by atoms with Gasteiger partial charge in [0.15, 0.2) is 11.5 Å². The second-order valence-electron chi connectivity index (χ2n) is 6.99. The maximum atomic E-state index is 13.0. The Labute approximate surface area is 207 Å². The second kappa shape index (κ2) is 11.2. The minimum Gasteiger partial charge on any atom is -0.494 e. The van der Waals surface area contributed by atoms with E-state index in [1.807, 2.05) is 6.92 Å². The molecule has 11 heteroatoms. The van der Waals surface area contributed by atoms with E-state index in [1.54, 1.807) is 49.5 Å². The van der Waals surface area contributed by atoms with Crippen LogP contribution in [-0.4, -0.2) is 24.4 Å². The van der Waals surface area contributed by atoms with Crippen molar-refractivity contribution in [3.05, 3.63) is 80.3 Å². The highest BCUT2D eigenvalue weighted by molar-refractivity contribution is 9.10. The molecule has 35 heavy (non-hydrogen) atoms. The Morgan fingerprint density at radius 1 is 1.00 bits per heavy atom. The van der Waals surface area contributed by atoms with Gasteiger partial charge in [-0.25, -0.2) is 0 Å². The summed E-state index contributed by atoms with van der Waals surface area (Å²) in [4.78, 5) is 14.9. The van der Waals surface area contributed by atoms with Crippen LogP contribution in [0.2, 0.25) is 0 Å². The van der Waals surface area contributed by atoms with E-state index in [4.69, 9.17) is 14.2 Å². The summed E-state index contributed by atoms with van der Waals surface area (Å²) >= 11 is 3.35. The number of nitro benzene ring substituents is 1. The van der Waals surface area contributed by atoms with Crippen molar-refractivity contribution in [1.29, 1.82) is 0 Å². The SMILES string of the molecule is CCOc1ccc(N=Cc2cc(Br)c(Oc3ccc(C(F)(F)F)cc3[N+](=O)[O-])c(OCC)c2)cc1. The number of hydrogen-bond donors (Lipinski definition) is 0. The van der Waals surface area contributed by atoms with Crippen LogP contribution in [0.4, 0.5) is 24.5 Å². The lowest BCUT2D eigenvalue weighted by Crippen LogP contribution is -2.06. The molecule has 0 aromatic heterocycles.